The highest BCUT2D eigenvalue weighted by atomic mass is 15.3. The molecule has 0 spiro atoms. The van der Waals surface area contributed by atoms with E-state index in [1.165, 1.54) is 5.56 Å². The molecule has 0 aromatic carbocycles. The van der Waals surface area contributed by atoms with Crippen LogP contribution >= 0.6 is 0 Å². The van der Waals surface area contributed by atoms with E-state index in [2.05, 4.69) is 38.3 Å². The average Bonchev–Trinajstić information content (AvgIpc) is 1.82. The third-order valence-corrected chi connectivity index (χ3v) is 1.62. The number of nitrogens with zero attached hydrogens (tertiary/aromatic N) is 2. The molecule has 0 saturated heterocycles. The summed E-state index contributed by atoms with van der Waals surface area (Å²) in [6.45, 7) is 3.09. The molecule has 12 heavy (non-hydrogen) atoms. The second kappa shape index (κ2) is 3.23. The second-order valence-corrected chi connectivity index (χ2v) is 4.25. The van der Waals surface area contributed by atoms with Crippen LogP contribution in [0.15, 0.2) is 18.3 Å². The summed E-state index contributed by atoms with van der Waals surface area (Å²) in [5, 5.41) is 0. The molecule has 0 radical (unpaired) electrons. The van der Waals surface area contributed by atoms with Crippen LogP contribution in [0.3, 0.4) is 0 Å². The van der Waals surface area contributed by atoms with E-state index in [-0.39, 0.29) is 0 Å². The minimum Gasteiger partial charge on any atom is -0.327 e. The third-order valence-electron chi connectivity index (χ3n) is 1.62. The summed E-state index contributed by atoms with van der Waals surface area (Å²) in [5.74, 6) is 0. The van der Waals surface area contributed by atoms with Gasteiger partial charge in [0.2, 0.25) is 0 Å². The van der Waals surface area contributed by atoms with Gasteiger partial charge in [0.15, 0.2) is 0 Å². The Kier molecular flexibility index (Phi) is 2.48. The summed E-state index contributed by atoms with van der Waals surface area (Å²) >= 11 is 0. The Morgan fingerprint density at radius 1 is 1.33 bits per heavy atom. The topological polar surface area (TPSA) is 12.9 Å². The summed E-state index contributed by atoms with van der Waals surface area (Å²) in [6.07, 6.45) is 1.88. The number of hydrogen-bond donors (Lipinski definition) is 0. The summed E-state index contributed by atoms with van der Waals surface area (Å²) in [7, 11) is 6.57. The maximum Gasteiger partial charge on any atom is 0.104 e. The Morgan fingerprint density at radius 3 is 2.50 bits per heavy atom. The number of pyridine rings is 1. The molecule has 1 rings (SSSR count). The van der Waals surface area contributed by atoms with Crippen LogP contribution in [-0.4, -0.2) is 30.6 Å². The number of rotatable bonds is 2. The van der Waals surface area contributed by atoms with Crippen molar-refractivity contribution < 1.29 is 4.48 Å². The van der Waals surface area contributed by atoms with Gasteiger partial charge in [0.1, 0.15) is 6.54 Å². The quantitative estimate of drug-likeness (QED) is 0.606. The van der Waals surface area contributed by atoms with Crippen LogP contribution in [0, 0.1) is 6.92 Å². The lowest BCUT2D eigenvalue weighted by Crippen LogP contribution is -2.33. The lowest BCUT2D eigenvalue weighted by atomic mass is 10.2. The number of aromatic nitrogens is 1. The number of hydrogen-bond acceptors (Lipinski definition) is 1. The first-order valence-electron chi connectivity index (χ1n) is 4.19. The Labute approximate surface area is 74.4 Å². The van der Waals surface area contributed by atoms with E-state index in [4.69, 9.17) is 0 Å². The molecule has 0 bridgehead atoms. The van der Waals surface area contributed by atoms with Crippen LogP contribution in [-0.2, 0) is 6.54 Å². The van der Waals surface area contributed by atoms with Gasteiger partial charge in [-0.3, -0.25) is 4.98 Å². The predicted molar refractivity (Wildman–Crippen MR) is 50.7 cm³/mol. The summed E-state index contributed by atoms with van der Waals surface area (Å²) in [6, 6.07) is 4.22. The van der Waals surface area contributed by atoms with Crippen molar-refractivity contribution in [3.63, 3.8) is 0 Å². The van der Waals surface area contributed by atoms with Crippen molar-refractivity contribution in [3.8, 4) is 0 Å². The van der Waals surface area contributed by atoms with Crippen LogP contribution in [0.4, 0.5) is 0 Å². The molecule has 66 valence electrons. The van der Waals surface area contributed by atoms with Crippen molar-refractivity contribution in [2.24, 2.45) is 0 Å². The van der Waals surface area contributed by atoms with E-state index in [1.54, 1.807) is 0 Å². The lowest BCUT2D eigenvalue weighted by molar-refractivity contribution is -0.884. The standard InChI is InChI=1S/C10H17N2/c1-9-7-10(5-6-11-9)8-12(2,3)4/h5-7H,8H2,1-4H3/q+1. The van der Waals surface area contributed by atoms with Gasteiger partial charge < -0.3 is 4.48 Å². The van der Waals surface area contributed by atoms with E-state index < -0.39 is 0 Å². The first kappa shape index (κ1) is 9.20. The predicted octanol–water partition coefficient (Wildman–Crippen LogP) is 1.60. The SMILES string of the molecule is Cc1cc(C[N+](C)(C)C)ccn1. The molecule has 0 N–H and O–H groups in total. The molecule has 0 fully saturated rings. The fourth-order valence-electron chi connectivity index (χ4n) is 1.25. The highest BCUT2D eigenvalue weighted by Crippen LogP contribution is 2.06. The molecule has 0 aliphatic carbocycles. The van der Waals surface area contributed by atoms with Crippen molar-refractivity contribution in [2.75, 3.05) is 21.1 Å². The number of aryl methyl sites for hydroxylation is 1. The Bertz CT molecular complexity index is 261. The van der Waals surface area contributed by atoms with Crippen LogP contribution in [0.25, 0.3) is 0 Å². The highest BCUT2D eigenvalue weighted by molar-refractivity contribution is 5.14. The molecule has 1 aromatic heterocycles. The smallest absolute Gasteiger partial charge is 0.104 e. The molecule has 0 aliphatic heterocycles. The van der Waals surface area contributed by atoms with E-state index in [0.29, 0.717) is 0 Å². The molecule has 0 unspecified atom stereocenters. The zero-order chi connectivity index (χ0) is 9.19. The van der Waals surface area contributed by atoms with E-state index in [1.807, 2.05) is 13.1 Å². The van der Waals surface area contributed by atoms with Crippen LogP contribution in [0.1, 0.15) is 11.3 Å². The Balaban J connectivity index is 2.77. The molecule has 0 aliphatic rings. The highest BCUT2D eigenvalue weighted by Gasteiger charge is 2.07. The van der Waals surface area contributed by atoms with Gasteiger partial charge in [0, 0.05) is 17.5 Å². The van der Waals surface area contributed by atoms with Gasteiger partial charge in [-0.15, -0.1) is 0 Å². The van der Waals surface area contributed by atoms with Crippen LogP contribution < -0.4 is 0 Å². The molecular weight excluding hydrogens is 148 g/mol. The van der Waals surface area contributed by atoms with Crippen molar-refractivity contribution in [2.45, 2.75) is 13.5 Å². The molecule has 1 aromatic rings. The Morgan fingerprint density at radius 2 is 2.00 bits per heavy atom. The van der Waals surface area contributed by atoms with E-state index >= 15 is 0 Å². The summed E-state index contributed by atoms with van der Waals surface area (Å²) in [4.78, 5) is 4.16. The largest absolute Gasteiger partial charge is 0.327 e. The fraction of sp³-hybridized carbons (Fsp3) is 0.500. The zero-order valence-corrected chi connectivity index (χ0v) is 8.33. The summed E-state index contributed by atoms with van der Waals surface area (Å²) in [5.41, 5.74) is 2.45. The zero-order valence-electron chi connectivity index (χ0n) is 8.33. The van der Waals surface area contributed by atoms with Gasteiger partial charge in [-0.05, 0) is 19.1 Å². The van der Waals surface area contributed by atoms with Gasteiger partial charge >= 0.3 is 0 Å². The molecule has 0 atom stereocenters. The minimum absolute atomic E-state index is 0.962. The van der Waals surface area contributed by atoms with Gasteiger partial charge in [0.25, 0.3) is 0 Å². The first-order valence-corrected chi connectivity index (χ1v) is 4.19. The molecule has 2 nitrogen and oxygen atoms in total. The van der Waals surface area contributed by atoms with Gasteiger partial charge in [-0.25, -0.2) is 0 Å². The van der Waals surface area contributed by atoms with E-state index in [9.17, 15) is 0 Å². The van der Waals surface area contributed by atoms with Crippen molar-refractivity contribution in [3.05, 3.63) is 29.6 Å². The number of quaternary nitrogens is 1. The van der Waals surface area contributed by atoms with Crippen molar-refractivity contribution in [1.29, 1.82) is 0 Å². The lowest BCUT2D eigenvalue weighted by Gasteiger charge is -2.23. The van der Waals surface area contributed by atoms with Crippen molar-refractivity contribution >= 4 is 0 Å². The molecule has 1 heterocycles. The van der Waals surface area contributed by atoms with Crippen LogP contribution in [0.5, 0.6) is 0 Å². The van der Waals surface area contributed by atoms with Gasteiger partial charge in [-0.1, -0.05) is 0 Å². The van der Waals surface area contributed by atoms with Crippen molar-refractivity contribution in [1.82, 2.24) is 4.98 Å². The van der Waals surface area contributed by atoms with E-state index in [0.717, 1.165) is 16.7 Å². The van der Waals surface area contributed by atoms with Crippen LogP contribution in [0.2, 0.25) is 0 Å². The minimum atomic E-state index is 0.962. The van der Waals surface area contributed by atoms with Gasteiger partial charge in [-0.2, -0.15) is 0 Å². The molecule has 0 amide bonds. The maximum absolute atomic E-state index is 4.16. The normalized spacial score (nSPS) is 11.7. The second-order valence-electron chi connectivity index (χ2n) is 4.25. The monoisotopic (exact) mass is 165 g/mol. The van der Waals surface area contributed by atoms with Gasteiger partial charge in [0.05, 0.1) is 21.1 Å². The first-order chi connectivity index (χ1) is 5.47. The molecule has 2 heteroatoms. The summed E-state index contributed by atoms with van der Waals surface area (Å²) < 4.78 is 0.962. The maximum atomic E-state index is 4.16. The average molecular weight is 165 g/mol. The molecular formula is C10H17N2+. The fourth-order valence-corrected chi connectivity index (χ4v) is 1.25. The Hall–Kier alpha value is -0.890. The third kappa shape index (κ3) is 3.01. The molecule has 0 saturated carbocycles.